The molecule has 6 nitrogen and oxygen atoms in total. The first-order valence-electron chi connectivity index (χ1n) is 12.7. The lowest BCUT2D eigenvalue weighted by atomic mass is 10.1. The number of aryl methyl sites for hydroxylation is 1. The van der Waals surface area contributed by atoms with Crippen molar-refractivity contribution >= 4 is 37.6 Å². The van der Waals surface area contributed by atoms with Crippen LogP contribution in [0.1, 0.15) is 45.2 Å². The Bertz CT molecular complexity index is 1130. The molecular weight excluding hydrogens is 459 g/mol. The molecule has 1 aliphatic heterocycles. The third kappa shape index (κ3) is 7.62. The fraction of sp³-hybridized carbons (Fsp3) is 0.464. The van der Waals surface area contributed by atoms with E-state index in [2.05, 4.69) is 84.1 Å². The van der Waals surface area contributed by atoms with E-state index < -0.39 is 7.60 Å². The first-order valence-corrected chi connectivity index (χ1v) is 14.4. The second-order valence-corrected chi connectivity index (χ2v) is 10.6. The molecule has 3 rings (SSSR count). The van der Waals surface area contributed by atoms with Crippen molar-refractivity contribution in [1.29, 1.82) is 0 Å². The monoisotopic (exact) mass is 499 g/mol. The normalized spacial score (nSPS) is 15.9. The molecule has 1 aliphatic rings. The van der Waals surface area contributed by atoms with Crippen LogP contribution in [0.25, 0.3) is 24.3 Å². The maximum atomic E-state index is 12.8. The zero-order valence-electron chi connectivity index (χ0n) is 21.6. The first kappa shape index (κ1) is 27.3. The van der Waals surface area contributed by atoms with Crippen LogP contribution in [-0.2, 0) is 24.9 Å². The zero-order valence-corrected chi connectivity index (χ0v) is 22.5. The number of rotatable bonds is 11. The Balaban J connectivity index is 1.73. The standard InChI is InChI=1S/C28H40N2O4P/c1-5-27-25(13-10-24-11-14-26(15-12-24)29-19-21-32-22-20-29)16-18-30(28(27)6-2)17-9-23-35(31,33-7-3)34-8-4/h5-6,10-16,18H,7-9,17,19-23H2,1-4H3/q+1. The number of hydrogen-bond acceptors (Lipinski definition) is 5. The lowest BCUT2D eigenvalue weighted by Crippen LogP contribution is -2.57. The minimum atomic E-state index is -3.02. The molecule has 0 atom stereocenters. The van der Waals surface area contributed by atoms with Crippen molar-refractivity contribution < 1.29 is 22.9 Å². The first-order chi connectivity index (χ1) is 17.0. The summed E-state index contributed by atoms with van der Waals surface area (Å²) in [6, 6.07) is 10.9. The van der Waals surface area contributed by atoms with Gasteiger partial charge in [0.2, 0.25) is 5.35 Å². The number of nitrogens with zero attached hydrogens (tertiary/aromatic N) is 2. The minimum Gasteiger partial charge on any atom is -0.378 e. The Morgan fingerprint density at radius 1 is 1.00 bits per heavy atom. The minimum absolute atomic E-state index is 0.393. The van der Waals surface area contributed by atoms with Crippen LogP contribution in [0.15, 0.2) is 36.5 Å². The lowest BCUT2D eigenvalue weighted by Gasteiger charge is -2.28. The maximum absolute atomic E-state index is 12.8. The van der Waals surface area contributed by atoms with Crippen LogP contribution in [-0.4, -0.2) is 45.7 Å². The Hall–Kier alpha value is -2.24. The largest absolute Gasteiger partial charge is 0.378 e. The summed E-state index contributed by atoms with van der Waals surface area (Å²) in [6.45, 7) is 12.8. The van der Waals surface area contributed by atoms with E-state index in [1.54, 1.807) is 0 Å². The van der Waals surface area contributed by atoms with Gasteiger partial charge in [-0.25, -0.2) is 0 Å². The van der Waals surface area contributed by atoms with Crippen molar-refractivity contribution in [3.05, 3.63) is 58.2 Å². The van der Waals surface area contributed by atoms with Gasteiger partial charge in [-0.2, -0.15) is 4.57 Å². The number of pyridine rings is 1. The van der Waals surface area contributed by atoms with Crippen LogP contribution in [0.3, 0.4) is 0 Å². The zero-order chi connectivity index (χ0) is 25.1. The van der Waals surface area contributed by atoms with Gasteiger partial charge in [0.15, 0.2) is 6.20 Å². The average Bonchev–Trinajstić information content (AvgIpc) is 2.88. The van der Waals surface area contributed by atoms with Crippen LogP contribution in [0.2, 0.25) is 0 Å². The highest BCUT2D eigenvalue weighted by molar-refractivity contribution is 7.53. The molecule has 0 unspecified atom stereocenters. The van der Waals surface area contributed by atoms with E-state index in [1.807, 2.05) is 13.8 Å². The van der Waals surface area contributed by atoms with Crippen LogP contribution in [0.5, 0.6) is 0 Å². The molecule has 2 heterocycles. The summed E-state index contributed by atoms with van der Waals surface area (Å²) >= 11 is 0. The molecule has 0 spiro atoms. The van der Waals surface area contributed by atoms with Gasteiger partial charge in [-0.15, -0.1) is 0 Å². The van der Waals surface area contributed by atoms with E-state index in [4.69, 9.17) is 13.8 Å². The summed E-state index contributed by atoms with van der Waals surface area (Å²) in [5.74, 6) is 0. The molecule has 0 bridgehead atoms. The number of morpholine rings is 1. The highest BCUT2D eigenvalue weighted by atomic mass is 31.2. The molecule has 1 aromatic carbocycles. The van der Waals surface area contributed by atoms with Crippen molar-refractivity contribution in [2.45, 2.75) is 40.7 Å². The van der Waals surface area contributed by atoms with E-state index in [1.165, 1.54) is 22.0 Å². The van der Waals surface area contributed by atoms with Gasteiger partial charge in [-0.3, -0.25) is 4.57 Å². The smallest absolute Gasteiger partial charge is 0.330 e. The third-order valence-electron chi connectivity index (χ3n) is 6.10. The van der Waals surface area contributed by atoms with Gasteiger partial charge < -0.3 is 18.7 Å². The summed E-state index contributed by atoms with van der Waals surface area (Å²) in [6.07, 6.45) is 11.9. The third-order valence-corrected chi connectivity index (χ3v) is 8.27. The van der Waals surface area contributed by atoms with Crippen LogP contribution in [0, 0.1) is 0 Å². The molecule has 1 fully saturated rings. The molecule has 2 aromatic rings. The van der Waals surface area contributed by atoms with Crippen molar-refractivity contribution in [2.24, 2.45) is 0 Å². The van der Waals surface area contributed by atoms with Gasteiger partial charge in [0.25, 0.3) is 0 Å². The van der Waals surface area contributed by atoms with E-state index in [0.717, 1.165) is 44.6 Å². The number of ether oxygens (including phenoxy) is 1. The Kier molecular flexibility index (Phi) is 10.7. The molecular formula is C28H40N2O4P+. The highest BCUT2D eigenvalue weighted by Gasteiger charge is 2.23. The summed E-state index contributed by atoms with van der Waals surface area (Å²) in [7, 11) is -3.02. The Morgan fingerprint density at radius 3 is 2.29 bits per heavy atom. The topological polar surface area (TPSA) is 51.9 Å². The van der Waals surface area contributed by atoms with Crippen LogP contribution in [0.4, 0.5) is 5.69 Å². The molecule has 0 radical (unpaired) electrons. The van der Waals surface area contributed by atoms with Crippen molar-refractivity contribution in [3.8, 4) is 0 Å². The van der Waals surface area contributed by atoms with Gasteiger partial charge in [0.05, 0.1) is 32.6 Å². The van der Waals surface area contributed by atoms with Gasteiger partial charge in [-0.05, 0) is 57.0 Å². The average molecular weight is 500 g/mol. The van der Waals surface area contributed by atoms with E-state index in [0.29, 0.717) is 19.4 Å². The van der Waals surface area contributed by atoms with Crippen molar-refractivity contribution in [2.75, 3.05) is 50.6 Å². The molecule has 190 valence electrons. The van der Waals surface area contributed by atoms with E-state index in [9.17, 15) is 4.57 Å². The maximum Gasteiger partial charge on any atom is 0.330 e. The summed E-state index contributed by atoms with van der Waals surface area (Å²) in [5, 5.41) is 2.34. The Labute approximate surface area is 210 Å². The fourth-order valence-corrected chi connectivity index (χ4v) is 6.07. The predicted molar refractivity (Wildman–Crippen MR) is 145 cm³/mol. The Morgan fingerprint density at radius 2 is 1.69 bits per heavy atom. The van der Waals surface area contributed by atoms with Gasteiger partial charge in [-0.1, -0.05) is 30.4 Å². The predicted octanol–water partition coefficient (Wildman–Crippen LogP) is 4.24. The lowest BCUT2D eigenvalue weighted by molar-refractivity contribution is -0.710. The molecule has 35 heavy (non-hydrogen) atoms. The van der Waals surface area contributed by atoms with Gasteiger partial charge in [0, 0.05) is 36.5 Å². The number of hydrogen-bond donors (Lipinski definition) is 0. The molecule has 7 heteroatoms. The number of benzene rings is 1. The van der Waals surface area contributed by atoms with Gasteiger partial charge >= 0.3 is 7.60 Å². The quantitative estimate of drug-likeness (QED) is 0.342. The fourth-order valence-electron chi connectivity index (χ4n) is 4.42. The molecule has 1 aromatic heterocycles. The molecule has 0 saturated carbocycles. The SMILES string of the molecule is CC=c1c(C=Cc2ccc(N3CCOCC3)cc2)cc[n+](CCCP(=O)(OCC)OCC)c1=CC. The highest BCUT2D eigenvalue weighted by Crippen LogP contribution is 2.48. The van der Waals surface area contributed by atoms with E-state index in [-0.39, 0.29) is 0 Å². The molecule has 0 amide bonds. The van der Waals surface area contributed by atoms with E-state index >= 15 is 0 Å². The van der Waals surface area contributed by atoms with Crippen molar-refractivity contribution in [3.63, 3.8) is 0 Å². The molecule has 1 saturated heterocycles. The van der Waals surface area contributed by atoms with Crippen molar-refractivity contribution in [1.82, 2.24) is 0 Å². The summed E-state index contributed by atoms with van der Waals surface area (Å²) < 4.78 is 31.3. The number of aromatic nitrogens is 1. The molecule has 0 N–H and O–H groups in total. The molecule has 0 aliphatic carbocycles. The number of anilines is 1. The summed E-state index contributed by atoms with van der Waals surface area (Å²) in [4.78, 5) is 2.36. The second kappa shape index (κ2) is 13.7. The van der Waals surface area contributed by atoms with Crippen LogP contribution < -0.4 is 20.0 Å². The summed E-state index contributed by atoms with van der Waals surface area (Å²) in [5.41, 5.74) is 3.59. The van der Waals surface area contributed by atoms with Gasteiger partial charge in [0.1, 0.15) is 6.54 Å². The second-order valence-electron chi connectivity index (χ2n) is 8.39. The van der Waals surface area contributed by atoms with Crippen LogP contribution >= 0.6 is 7.60 Å².